The molecule has 0 fully saturated rings. The maximum absolute atomic E-state index is 10.8. The van der Waals surface area contributed by atoms with Crippen LogP contribution in [0.2, 0.25) is 0 Å². The first kappa shape index (κ1) is 15.3. The number of carbonyl (C=O) groups excluding carboxylic acids is 1. The van der Waals surface area contributed by atoms with Crippen LogP contribution >= 0.6 is 0 Å². The first-order chi connectivity index (χ1) is 7.81. The van der Waals surface area contributed by atoms with Crippen LogP contribution in [0.25, 0.3) is 0 Å². The number of methoxy groups -OCH3 is 1. The summed E-state index contributed by atoms with van der Waals surface area (Å²) >= 11 is 0. The van der Waals surface area contributed by atoms with Gasteiger partial charge >= 0.3 is 0 Å². The molecule has 0 aliphatic carbocycles. The van der Waals surface area contributed by atoms with Gasteiger partial charge in [0, 0.05) is 27.4 Å². The summed E-state index contributed by atoms with van der Waals surface area (Å²) in [5, 5.41) is 2.50. The Hall–Kier alpha value is -0.650. The number of carbonyl (C=O) groups is 1. The van der Waals surface area contributed by atoms with E-state index in [4.69, 9.17) is 14.2 Å². The second kappa shape index (κ2) is 12.4. The summed E-state index contributed by atoms with van der Waals surface area (Å²) in [7, 11) is 3.26. The highest BCUT2D eigenvalue weighted by molar-refractivity contribution is 5.76. The van der Waals surface area contributed by atoms with Gasteiger partial charge in [0.05, 0.1) is 13.2 Å². The average molecular weight is 233 g/mol. The Morgan fingerprint density at radius 2 is 1.69 bits per heavy atom. The van der Waals surface area contributed by atoms with Crippen molar-refractivity contribution in [2.45, 2.75) is 19.3 Å². The van der Waals surface area contributed by atoms with Gasteiger partial charge < -0.3 is 19.5 Å². The molecule has 5 heteroatoms. The summed E-state index contributed by atoms with van der Waals surface area (Å²) in [6, 6.07) is 0. The van der Waals surface area contributed by atoms with E-state index < -0.39 is 0 Å². The standard InChI is InChI=1S/C11H23NO4/c1-12-11(13)10-16-7-5-3-4-6-15-9-8-14-2/h3-10H2,1-2H3,(H,12,13). The van der Waals surface area contributed by atoms with Crippen molar-refractivity contribution in [3.8, 4) is 0 Å². The van der Waals surface area contributed by atoms with Gasteiger partial charge in [-0.15, -0.1) is 0 Å². The van der Waals surface area contributed by atoms with Crippen LogP contribution in [0.15, 0.2) is 0 Å². The van der Waals surface area contributed by atoms with Gasteiger partial charge in [-0.3, -0.25) is 4.79 Å². The van der Waals surface area contributed by atoms with Gasteiger partial charge in [0.25, 0.3) is 0 Å². The van der Waals surface area contributed by atoms with E-state index in [0.29, 0.717) is 19.8 Å². The molecule has 0 unspecified atom stereocenters. The Morgan fingerprint density at radius 3 is 2.31 bits per heavy atom. The molecule has 0 aliphatic heterocycles. The number of hydrogen-bond acceptors (Lipinski definition) is 4. The molecule has 0 bridgehead atoms. The van der Waals surface area contributed by atoms with Crippen LogP contribution in [0.1, 0.15) is 19.3 Å². The fraction of sp³-hybridized carbons (Fsp3) is 0.909. The third kappa shape index (κ3) is 11.4. The predicted octanol–water partition coefficient (Wildman–Crippen LogP) is 0.582. The molecule has 16 heavy (non-hydrogen) atoms. The predicted molar refractivity (Wildman–Crippen MR) is 61.4 cm³/mol. The molecule has 1 amide bonds. The zero-order valence-electron chi connectivity index (χ0n) is 10.3. The summed E-state index contributed by atoms with van der Waals surface area (Å²) in [4.78, 5) is 10.8. The maximum atomic E-state index is 10.8. The molecule has 0 radical (unpaired) electrons. The lowest BCUT2D eigenvalue weighted by atomic mass is 10.2. The Labute approximate surface area is 97.4 Å². The quantitative estimate of drug-likeness (QED) is 0.530. The highest BCUT2D eigenvalue weighted by atomic mass is 16.5. The van der Waals surface area contributed by atoms with Crippen molar-refractivity contribution in [3.63, 3.8) is 0 Å². The molecular formula is C11H23NO4. The van der Waals surface area contributed by atoms with Crippen molar-refractivity contribution in [1.29, 1.82) is 0 Å². The topological polar surface area (TPSA) is 56.8 Å². The SMILES string of the molecule is CNC(=O)COCCCCCOCCOC. The van der Waals surface area contributed by atoms with E-state index in [-0.39, 0.29) is 12.5 Å². The lowest BCUT2D eigenvalue weighted by Crippen LogP contribution is -2.23. The number of unbranched alkanes of at least 4 members (excludes halogenated alkanes) is 2. The average Bonchev–Trinajstić information content (AvgIpc) is 2.31. The van der Waals surface area contributed by atoms with Crippen LogP contribution in [0, 0.1) is 0 Å². The number of hydrogen-bond donors (Lipinski definition) is 1. The Morgan fingerprint density at radius 1 is 1.00 bits per heavy atom. The molecule has 0 heterocycles. The molecule has 5 nitrogen and oxygen atoms in total. The van der Waals surface area contributed by atoms with E-state index in [9.17, 15) is 4.79 Å². The highest BCUT2D eigenvalue weighted by Gasteiger charge is 1.96. The van der Waals surface area contributed by atoms with Gasteiger partial charge in [-0.25, -0.2) is 0 Å². The van der Waals surface area contributed by atoms with Crippen molar-refractivity contribution in [2.24, 2.45) is 0 Å². The van der Waals surface area contributed by atoms with Crippen LogP contribution in [0.4, 0.5) is 0 Å². The highest BCUT2D eigenvalue weighted by Crippen LogP contribution is 1.96. The van der Waals surface area contributed by atoms with Crippen molar-refractivity contribution in [2.75, 3.05) is 47.2 Å². The van der Waals surface area contributed by atoms with Crippen LogP contribution in [-0.4, -0.2) is 53.1 Å². The molecule has 0 atom stereocenters. The third-order valence-corrected chi connectivity index (χ3v) is 2.02. The molecule has 0 aromatic heterocycles. The van der Waals surface area contributed by atoms with E-state index in [1.807, 2.05) is 0 Å². The number of ether oxygens (including phenoxy) is 3. The summed E-state index contributed by atoms with van der Waals surface area (Å²) in [6.45, 7) is 2.85. The van der Waals surface area contributed by atoms with Crippen LogP contribution in [-0.2, 0) is 19.0 Å². The molecule has 0 saturated heterocycles. The van der Waals surface area contributed by atoms with Gasteiger partial charge in [0.15, 0.2) is 0 Å². The molecule has 96 valence electrons. The number of nitrogens with one attached hydrogen (secondary N) is 1. The first-order valence-corrected chi connectivity index (χ1v) is 5.66. The van der Waals surface area contributed by atoms with Gasteiger partial charge in [0.1, 0.15) is 6.61 Å². The smallest absolute Gasteiger partial charge is 0.245 e. The zero-order chi connectivity index (χ0) is 12.1. The van der Waals surface area contributed by atoms with Crippen LogP contribution in [0.5, 0.6) is 0 Å². The van der Waals surface area contributed by atoms with Gasteiger partial charge in [-0.2, -0.15) is 0 Å². The minimum absolute atomic E-state index is 0.0806. The van der Waals surface area contributed by atoms with Crippen molar-refractivity contribution < 1.29 is 19.0 Å². The van der Waals surface area contributed by atoms with Crippen LogP contribution in [0.3, 0.4) is 0 Å². The molecule has 0 aromatic carbocycles. The fourth-order valence-electron chi connectivity index (χ4n) is 1.07. The van der Waals surface area contributed by atoms with Gasteiger partial charge in [-0.05, 0) is 19.3 Å². The molecule has 0 aromatic rings. The number of likely N-dealkylation sites (N-methyl/N-ethyl adjacent to an activating group) is 1. The minimum Gasteiger partial charge on any atom is -0.382 e. The van der Waals surface area contributed by atoms with Gasteiger partial charge in [0.2, 0.25) is 5.91 Å². The normalized spacial score (nSPS) is 10.4. The number of rotatable bonds is 11. The maximum Gasteiger partial charge on any atom is 0.245 e. The van der Waals surface area contributed by atoms with E-state index >= 15 is 0 Å². The lowest BCUT2D eigenvalue weighted by Gasteiger charge is -2.04. The Kier molecular flexibility index (Phi) is 11.9. The van der Waals surface area contributed by atoms with Crippen LogP contribution < -0.4 is 5.32 Å². The number of amides is 1. The van der Waals surface area contributed by atoms with E-state index in [1.165, 1.54) is 0 Å². The van der Waals surface area contributed by atoms with E-state index in [1.54, 1.807) is 14.2 Å². The summed E-state index contributed by atoms with van der Waals surface area (Å²) in [5.74, 6) is -0.0806. The molecule has 0 aliphatic rings. The largest absolute Gasteiger partial charge is 0.382 e. The van der Waals surface area contributed by atoms with Crippen molar-refractivity contribution in [1.82, 2.24) is 5.32 Å². The van der Waals surface area contributed by atoms with Crippen molar-refractivity contribution in [3.05, 3.63) is 0 Å². The zero-order valence-corrected chi connectivity index (χ0v) is 10.3. The first-order valence-electron chi connectivity index (χ1n) is 5.66. The summed E-state index contributed by atoms with van der Waals surface area (Å²) < 4.78 is 15.3. The second-order valence-electron chi connectivity index (χ2n) is 3.39. The molecule has 0 spiro atoms. The lowest BCUT2D eigenvalue weighted by molar-refractivity contribution is -0.125. The Bertz CT molecular complexity index is 164. The van der Waals surface area contributed by atoms with E-state index in [2.05, 4.69) is 5.32 Å². The molecule has 0 saturated carbocycles. The second-order valence-corrected chi connectivity index (χ2v) is 3.39. The summed E-state index contributed by atoms with van der Waals surface area (Å²) in [5.41, 5.74) is 0. The molecule has 1 N–H and O–H groups in total. The van der Waals surface area contributed by atoms with Gasteiger partial charge in [-0.1, -0.05) is 0 Å². The fourth-order valence-corrected chi connectivity index (χ4v) is 1.07. The van der Waals surface area contributed by atoms with E-state index in [0.717, 1.165) is 25.9 Å². The Balaban J connectivity index is 2.96. The summed E-state index contributed by atoms with van der Waals surface area (Å²) in [6.07, 6.45) is 3.04. The molecule has 0 rings (SSSR count). The van der Waals surface area contributed by atoms with Crippen molar-refractivity contribution >= 4 is 5.91 Å². The minimum atomic E-state index is -0.0806. The molecular weight excluding hydrogens is 210 g/mol. The monoisotopic (exact) mass is 233 g/mol. The third-order valence-electron chi connectivity index (χ3n) is 2.02.